The molecular weight excluding hydrogens is 225 g/mol. The molecule has 0 aromatic carbocycles. The van der Waals surface area contributed by atoms with Crippen molar-refractivity contribution < 1.29 is 9.31 Å². The van der Waals surface area contributed by atoms with Gasteiger partial charge < -0.3 is 0 Å². The molecule has 0 aliphatic rings. The van der Waals surface area contributed by atoms with E-state index in [1.165, 1.54) is 18.5 Å². The Kier molecular flexibility index (Phi) is 2.78. The largest absolute Gasteiger partial charge is 0.291 e. The van der Waals surface area contributed by atoms with E-state index < -0.39 is 10.7 Å². The highest BCUT2D eigenvalue weighted by Gasteiger charge is 2.17. The summed E-state index contributed by atoms with van der Waals surface area (Å²) in [7, 11) is 0. The maximum absolute atomic E-state index is 13.5. The SMILES string of the molecule is Cc1c(-c2ccncc2F)cncc1[N+](=O)[O-]. The molecule has 0 aliphatic carbocycles. The summed E-state index contributed by atoms with van der Waals surface area (Å²) >= 11 is 0. The minimum atomic E-state index is -0.537. The van der Waals surface area contributed by atoms with E-state index in [0.717, 1.165) is 12.4 Å². The van der Waals surface area contributed by atoms with Gasteiger partial charge in [-0.15, -0.1) is 0 Å². The molecule has 0 amide bonds. The second kappa shape index (κ2) is 4.25. The Bertz CT molecular complexity index is 587. The topological polar surface area (TPSA) is 68.9 Å². The normalized spacial score (nSPS) is 10.2. The number of halogens is 1. The van der Waals surface area contributed by atoms with Crippen molar-refractivity contribution in [3.8, 4) is 11.1 Å². The van der Waals surface area contributed by atoms with Crippen LogP contribution in [0.4, 0.5) is 10.1 Å². The minimum absolute atomic E-state index is 0.126. The van der Waals surface area contributed by atoms with E-state index in [4.69, 9.17) is 0 Å². The van der Waals surface area contributed by atoms with Gasteiger partial charge in [0, 0.05) is 29.1 Å². The molecule has 2 heterocycles. The van der Waals surface area contributed by atoms with Crippen molar-refractivity contribution in [2.45, 2.75) is 6.92 Å². The summed E-state index contributed by atoms with van der Waals surface area (Å²) in [5.74, 6) is -0.530. The lowest BCUT2D eigenvalue weighted by Crippen LogP contribution is -1.96. The smallest absolute Gasteiger partial charge is 0.262 e. The number of nitro groups is 1. The maximum Gasteiger partial charge on any atom is 0.291 e. The molecule has 2 rings (SSSR count). The Balaban J connectivity index is 2.65. The molecule has 0 saturated carbocycles. The van der Waals surface area contributed by atoms with Crippen LogP contribution in [0.15, 0.2) is 30.9 Å². The van der Waals surface area contributed by atoms with Crippen LogP contribution in [0.3, 0.4) is 0 Å². The van der Waals surface area contributed by atoms with Crippen LogP contribution in [-0.2, 0) is 0 Å². The maximum atomic E-state index is 13.5. The van der Waals surface area contributed by atoms with Crippen molar-refractivity contribution in [2.75, 3.05) is 0 Å². The van der Waals surface area contributed by atoms with Gasteiger partial charge in [-0.1, -0.05) is 0 Å². The Morgan fingerprint density at radius 3 is 2.65 bits per heavy atom. The molecule has 86 valence electrons. The molecule has 0 radical (unpaired) electrons. The molecule has 0 aliphatic heterocycles. The van der Waals surface area contributed by atoms with Gasteiger partial charge in [0.25, 0.3) is 5.69 Å². The highest BCUT2D eigenvalue weighted by atomic mass is 19.1. The van der Waals surface area contributed by atoms with Crippen LogP contribution in [-0.4, -0.2) is 14.9 Å². The molecule has 0 saturated heterocycles. The lowest BCUT2D eigenvalue weighted by Gasteiger charge is -2.06. The Hall–Kier alpha value is -2.37. The third-order valence-corrected chi connectivity index (χ3v) is 2.45. The molecule has 2 aromatic rings. The molecule has 0 spiro atoms. The molecule has 0 N–H and O–H groups in total. The van der Waals surface area contributed by atoms with Crippen molar-refractivity contribution >= 4 is 5.69 Å². The van der Waals surface area contributed by atoms with Crippen molar-refractivity contribution in [2.24, 2.45) is 0 Å². The van der Waals surface area contributed by atoms with Gasteiger partial charge in [0.2, 0.25) is 0 Å². The van der Waals surface area contributed by atoms with E-state index >= 15 is 0 Å². The van der Waals surface area contributed by atoms with Gasteiger partial charge in [0.1, 0.15) is 12.0 Å². The minimum Gasteiger partial charge on any atom is -0.262 e. The zero-order chi connectivity index (χ0) is 12.4. The monoisotopic (exact) mass is 233 g/mol. The fraction of sp³-hybridized carbons (Fsp3) is 0.0909. The summed E-state index contributed by atoms with van der Waals surface area (Å²) < 4.78 is 13.5. The number of aromatic nitrogens is 2. The number of hydrogen-bond donors (Lipinski definition) is 0. The highest BCUT2D eigenvalue weighted by Crippen LogP contribution is 2.29. The predicted octanol–water partition coefficient (Wildman–Crippen LogP) is 2.50. The summed E-state index contributed by atoms with van der Waals surface area (Å²) in [6.07, 6.45) is 5.04. The van der Waals surface area contributed by atoms with Crippen LogP contribution >= 0.6 is 0 Å². The van der Waals surface area contributed by atoms with Gasteiger partial charge in [-0.2, -0.15) is 0 Å². The lowest BCUT2D eigenvalue weighted by molar-refractivity contribution is -0.385. The molecule has 0 fully saturated rings. The fourth-order valence-corrected chi connectivity index (χ4v) is 1.56. The van der Waals surface area contributed by atoms with Crippen molar-refractivity contribution in [3.63, 3.8) is 0 Å². The average molecular weight is 233 g/mol. The second-order valence-electron chi connectivity index (χ2n) is 3.44. The Morgan fingerprint density at radius 1 is 1.24 bits per heavy atom. The van der Waals surface area contributed by atoms with E-state index in [9.17, 15) is 14.5 Å². The van der Waals surface area contributed by atoms with Crippen LogP contribution in [0.2, 0.25) is 0 Å². The van der Waals surface area contributed by atoms with Gasteiger partial charge in [-0.3, -0.25) is 20.1 Å². The number of hydrogen-bond acceptors (Lipinski definition) is 4. The van der Waals surface area contributed by atoms with Gasteiger partial charge in [-0.05, 0) is 13.0 Å². The number of rotatable bonds is 2. The fourth-order valence-electron chi connectivity index (χ4n) is 1.56. The third kappa shape index (κ3) is 1.96. The molecular formula is C11H8FN3O2. The van der Waals surface area contributed by atoms with Crippen LogP contribution < -0.4 is 0 Å². The average Bonchev–Trinajstić information content (AvgIpc) is 2.30. The summed E-state index contributed by atoms with van der Waals surface area (Å²) in [5, 5.41) is 10.7. The Labute approximate surface area is 96.1 Å². The molecule has 0 atom stereocenters. The first-order valence-corrected chi connectivity index (χ1v) is 4.80. The molecule has 0 unspecified atom stereocenters. The molecule has 17 heavy (non-hydrogen) atoms. The van der Waals surface area contributed by atoms with Gasteiger partial charge in [0.15, 0.2) is 0 Å². The van der Waals surface area contributed by atoms with E-state index in [0.29, 0.717) is 11.1 Å². The van der Waals surface area contributed by atoms with E-state index in [1.807, 2.05) is 0 Å². The van der Waals surface area contributed by atoms with E-state index in [1.54, 1.807) is 6.92 Å². The first kappa shape index (κ1) is 11.1. The zero-order valence-electron chi connectivity index (χ0n) is 8.92. The molecule has 2 aromatic heterocycles. The van der Waals surface area contributed by atoms with Crippen LogP contribution in [0, 0.1) is 22.9 Å². The summed E-state index contributed by atoms with van der Waals surface area (Å²) in [4.78, 5) is 17.6. The van der Waals surface area contributed by atoms with Crippen molar-refractivity contribution in [1.82, 2.24) is 9.97 Å². The quantitative estimate of drug-likeness (QED) is 0.590. The summed E-state index contributed by atoms with van der Waals surface area (Å²) in [6.45, 7) is 1.56. The van der Waals surface area contributed by atoms with E-state index in [2.05, 4.69) is 9.97 Å². The zero-order valence-corrected chi connectivity index (χ0v) is 8.92. The second-order valence-corrected chi connectivity index (χ2v) is 3.44. The first-order chi connectivity index (χ1) is 8.11. The van der Waals surface area contributed by atoms with Crippen molar-refractivity contribution in [1.29, 1.82) is 0 Å². The Morgan fingerprint density at radius 2 is 2.00 bits per heavy atom. The summed E-state index contributed by atoms with van der Waals surface area (Å²) in [5.41, 5.74) is 0.918. The highest BCUT2D eigenvalue weighted by molar-refractivity contribution is 5.69. The van der Waals surface area contributed by atoms with Crippen LogP contribution in [0.5, 0.6) is 0 Å². The van der Waals surface area contributed by atoms with Gasteiger partial charge in [0.05, 0.1) is 11.1 Å². The van der Waals surface area contributed by atoms with Gasteiger partial charge >= 0.3 is 0 Å². The van der Waals surface area contributed by atoms with Crippen LogP contribution in [0.1, 0.15) is 5.56 Å². The van der Waals surface area contributed by atoms with Gasteiger partial charge in [-0.25, -0.2) is 4.39 Å². The van der Waals surface area contributed by atoms with Crippen molar-refractivity contribution in [3.05, 3.63) is 52.3 Å². The standard InChI is InChI=1S/C11H8FN3O2/c1-7-9(4-14-6-11(7)15(16)17)8-2-3-13-5-10(8)12/h2-6H,1H3. The first-order valence-electron chi connectivity index (χ1n) is 4.80. The lowest BCUT2D eigenvalue weighted by atomic mass is 10.0. The van der Waals surface area contributed by atoms with E-state index in [-0.39, 0.29) is 11.3 Å². The molecule has 6 heteroatoms. The third-order valence-electron chi connectivity index (χ3n) is 2.45. The van der Waals surface area contributed by atoms with Crippen LogP contribution in [0.25, 0.3) is 11.1 Å². The number of nitrogens with zero attached hydrogens (tertiary/aromatic N) is 3. The summed E-state index contributed by atoms with van der Waals surface area (Å²) in [6, 6.07) is 1.46. The molecule has 0 bridgehead atoms. The predicted molar refractivity (Wildman–Crippen MR) is 58.8 cm³/mol. The number of pyridine rings is 2. The molecule has 5 nitrogen and oxygen atoms in total.